The largest absolute Gasteiger partial charge is 0.456 e. The highest BCUT2D eigenvalue weighted by Crippen LogP contribution is 2.15. The Hall–Kier alpha value is -3.46. The number of aromatic nitrogens is 2. The van der Waals surface area contributed by atoms with Gasteiger partial charge in [-0.05, 0) is 30.2 Å². The monoisotopic (exact) mass is 375 g/mol. The number of esters is 1. The van der Waals surface area contributed by atoms with E-state index in [1.807, 2.05) is 6.07 Å². The summed E-state index contributed by atoms with van der Waals surface area (Å²) in [4.78, 5) is 25.4. The number of carbonyl (C=O) groups is 1. The molecule has 0 radical (unpaired) electrons. The van der Waals surface area contributed by atoms with Crippen LogP contribution < -0.4 is 5.56 Å². The second-order valence-corrected chi connectivity index (χ2v) is 6.51. The molecule has 0 N–H and O–H groups in total. The van der Waals surface area contributed by atoms with Gasteiger partial charge in [0.1, 0.15) is 6.61 Å². The molecule has 0 unspecified atom stereocenters. The van der Waals surface area contributed by atoms with E-state index >= 15 is 0 Å². The molecule has 0 bridgehead atoms. The molecule has 0 atom stereocenters. The average Bonchev–Trinajstić information content (AvgIpc) is 2.74. The predicted molar refractivity (Wildman–Crippen MR) is 106 cm³/mol. The molecule has 0 aliphatic carbocycles. The van der Waals surface area contributed by atoms with Crippen LogP contribution in [0, 0.1) is 11.3 Å². The van der Waals surface area contributed by atoms with E-state index in [0.717, 1.165) is 24.8 Å². The zero-order chi connectivity index (χ0) is 19.9. The highest BCUT2D eigenvalue weighted by molar-refractivity contribution is 6.02. The van der Waals surface area contributed by atoms with E-state index < -0.39 is 5.97 Å². The van der Waals surface area contributed by atoms with Crippen molar-refractivity contribution in [3.8, 4) is 6.07 Å². The zero-order valence-electron chi connectivity index (χ0n) is 15.7. The Kier molecular flexibility index (Phi) is 6.18. The normalized spacial score (nSPS) is 10.6. The smallest absolute Gasteiger partial charge is 0.359 e. The van der Waals surface area contributed by atoms with Crippen molar-refractivity contribution in [1.29, 1.82) is 5.26 Å². The lowest BCUT2D eigenvalue weighted by Crippen LogP contribution is -2.26. The number of benzene rings is 2. The van der Waals surface area contributed by atoms with Crippen molar-refractivity contribution in [3.63, 3.8) is 0 Å². The molecule has 0 aliphatic rings. The van der Waals surface area contributed by atoms with Gasteiger partial charge in [0.15, 0.2) is 5.69 Å². The summed E-state index contributed by atoms with van der Waals surface area (Å²) >= 11 is 0. The van der Waals surface area contributed by atoms with Crippen LogP contribution in [0.15, 0.2) is 53.3 Å². The summed E-state index contributed by atoms with van der Waals surface area (Å²) in [5, 5.41) is 14.1. The SMILES string of the molecule is CCCCCn1nc(C(=O)OCc2ccc(C#N)cc2)c2ccccc2c1=O. The Morgan fingerprint density at radius 1 is 1.11 bits per heavy atom. The standard InChI is InChI=1S/C22H21N3O3/c1-2-3-6-13-25-21(26)19-8-5-4-7-18(19)20(24-25)22(27)28-15-17-11-9-16(14-23)10-12-17/h4-5,7-12H,2-3,6,13,15H2,1H3. The van der Waals surface area contributed by atoms with Crippen LogP contribution in [0.2, 0.25) is 0 Å². The van der Waals surface area contributed by atoms with E-state index in [2.05, 4.69) is 12.0 Å². The van der Waals surface area contributed by atoms with Crippen molar-refractivity contribution in [2.24, 2.45) is 0 Å². The second kappa shape index (κ2) is 8.96. The Balaban J connectivity index is 1.87. The molecule has 2 aromatic carbocycles. The fourth-order valence-electron chi connectivity index (χ4n) is 2.94. The molecule has 0 saturated carbocycles. The predicted octanol–water partition coefficient (Wildman–Crippen LogP) is 3.82. The molecule has 0 amide bonds. The Morgan fingerprint density at radius 3 is 2.50 bits per heavy atom. The highest BCUT2D eigenvalue weighted by Gasteiger charge is 2.18. The van der Waals surface area contributed by atoms with Crippen molar-refractivity contribution in [2.75, 3.05) is 0 Å². The van der Waals surface area contributed by atoms with E-state index in [9.17, 15) is 9.59 Å². The first kappa shape index (κ1) is 19.3. The van der Waals surface area contributed by atoms with Gasteiger partial charge in [0.25, 0.3) is 5.56 Å². The van der Waals surface area contributed by atoms with E-state index in [0.29, 0.717) is 22.9 Å². The quantitative estimate of drug-likeness (QED) is 0.463. The second-order valence-electron chi connectivity index (χ2n) is 6.51. The van der Waals surface area contributed by atoms with E-state index in [4.69, 9.17) is 10.00 Å². The number of fused-ring (bicyclic) bond motifs is 1. The van der Waals surface area contributed by atoms with Crippen LogP contribution in [0.1, 0.15) is 47.8 Å². The van der Waals surface area contributed by atoms with Gasteiger partial charge >= 0.3 is 5.97 Å². The van der Waals surface area contributed by atoms with Gasteiger partial charge in [0.05, 0.1) is 17.0 Å². The van der Waals surface area contributed by atoms with Crippen LogP contribution in [0.3, 0.4) is 0 Å². The maximum absolute atomic E-state index is 12.7. The van der Waals surface area contributed by atoms with Crippen molar-refractivity contribution in [1.82, 2.24) is 9.78 Å². The van der Waals surface area contributed by atoms with Crippen molar-refractivity contribution >= 4 is 16.7 Å². The first-order valence-electron chi connectivity index (χ1n) is 9.30. The molecule has 0 saturated heterocycles. The number of unbranched alkanes of at least 4 members (excludes halogenated alkanes) is 2. The van der Waals surface area contributed by atoms with Crippen LogP contribution in [-0.2, 0) is 17.9 Å². The third kappa shape index (κ3) is 4.26. The van der Waals surface area contributed by atoms with Gasteiger partial charge in [-0.3, -0.25) is 4.79 Å². The highest BCUT2D eigenvalue weighted by atomic mass is 16.5. The Bertz CT molecular complexity index is 1080. The van der Waals surface area contributed by atoms with Crippen LogP contribution in [0.4, 0.5) is 0 Å². The van der Waals surface area contributed by atoms with Gasteiger partial charge in [0.2, 0.25) is 0 Å². The lowest BCUT2D eigenvalue weighted by molar-refractivity contribution is 0.0465. The fourth-order valence-corrected chi connectivity index (χ4v) is 2.94. The summed E-state index contributed by atoms with van der Waals surface area (Å²) in [6.07, 6.45) is 2.84. The molecule has 1 aromatic heterocycles. The van der Waals surface area contributed by atoms with Crippen LogP contribution >= 0.6 is 0 Å². The van der Waals surface area contributed by atoms with Gasteiger partial charge in [-0.2, -0.15) is 10.4 Å². The maximum Gasteiger partial charge on any atom is 0.359 e. The number of aryl methyl sites for hydroxylation is 1. The van der Waals surface area contributed by atoms with Crippen molar-refractivity contribution < 1.29 is 9.53 Å². The van der Waals surface area contributed by atoms with Gasteiger partial charge in [0, 0.05) is 11.9 Å². The minimum atomic E-state index is -0.579. The molecule has 3 rings (SSSR count). The fraction of sp³-hybridized carbons (Fsp3) is 0.273. The molecule has 0 aliphatic heterocycles. The lowest BCUT2D eigenvalue weighted by atomic mass is 10.1. The molecular weight excluding hydrogens is 354 g/mol. The number of carbonyl (C=O) groups excluding carboxylic acids is 1. The third-order valence-electron chi connectivity index (χ3n) is 4.49. The van der Waals surface area contributed by atoms with Crippen molar-refractivity contribution in [3.05, 3.63) is 75.7 Å². The first-order valence-corrected chi connectivity index (χ1v) is 9.30. The summed E-state index contributed by atoms with van der Waals surface area (Å²) in [6, 6.07) is 15.8. The molecule has 28 heavy (non-hydrogen) atoms. The molecule has 142 valence electrons. The summed E-state index contributed by atoms with van der Waals surface area (Å²) in [7, 11) is 0. The molecule has 0 spiro atoms. The number of ether oxygens (including phenoxy) is 1. The summed E-state index contributed by atoms with van der Waals surface area (Å²) in [5.74, 6) is -0.579. The first-order chi connectivity index (χ1) is 13.6. The molecule has 0 fully saturated rings. The zero-order valence-corrected chi connectivity index (χ0v) is 15.7. The van der Waals surface area contributed by atoms with E-state index in [1.54, 1.807) is 48.5 Å². The van der Waals surface area contributed by atoms with Gasteiger partial charge in [-0.15, -0.1) is 0 Å². The number of hydrogen-bond donors (Lipinski definition) is 0. The minimum Gasteiger partial charge on any atom is -0.456 e. The van der Waals surface area contributed by atoms with Gasteiger partial charge in [-0.25, -0.2) is 9.48 Å². The Morgan fingerprint density at radius 2 is 1.82 bits per heavy atom. The number of rotatable bonds is 7. The van der Waals surface area contributed by atoms with Crippen LogP contribution in [0.5, 0.6) is 0 Å². The van der Waals surface area contributed by atoms with Crippen LogP contribution in [-0.4, -0.2) is 15.7 Å². The molecule has 3 aromatic rings. The Labute approximate surface area is 163 Å². The van der Waals surface area contributed by atoms with Crippen molar-refractivity contribution in [2.45, 2.75) is 39.3 Å². The van der Waals surface area contributed by atoms with Crippen LogP contribution in [0.25, 0.3) is 10.8 Å². The molecular formula is C22H21N3O3. The number of hydrogen-bond acceptors (Lipinski definition) is 5. The van der Waals surface area contributed by atoms with E-state index in [1.165, 1.54) is 4.68 Å². The number of nitriles is 1. The van der Waals surface area contributed by atoms with E-state index in [-0.39, 0.29) is 17.9 Å². The third-order valence-corrected chi connectivity index (χ3v) is 4.49. The molecule has 1 heterocycles. The average molecular weight is 375 g/mol. The maximum atomic E-state index is 12.7. The molecule has 6 nitrogen and oxygen atoms in total. The van der Waals surface area contributed by atoms with Gasteiger partial charge < -0.3 is 4.74 Å². The summed E-state index contributed by atoms with van der Waals surface area (Å²) < 4.78 is 6.77. The summed E-state index contributed by atoms with van der Waals surface area (Å²) in [5.41, 5.74) is 1.26. The molecule has 6 heteroatoms. The lowest BCUT2D eigenvalue weighted by Gasteiger charge is -2.11. The van der Waals surface area contributed by atoms with Gasteiger partial charge in [-0.1, -0.05) is 50.1 Å². The minimum absolute atomic E-state index is 0.0650. The topological polar surface area (TPSA) is 85.0 Å². The number of nitrogens with zero attached hydrogens (tertiary/aromatic N) is 3. The summed E-state index contributed by atoms with van der Waals surface area (Å²) in [6.45, 7) is 2.62.